The summed E-state index contributed by atoms with van der Waals surface area (Å²) in [6, 6.07) is 16.2. The van der Waals surface area contributed by atoms with Gasteiger partial charge in [-0.1, -0.05) is 29.8 Å². The van der Waals surface area contributed by atoms with Crippen LogP contribution in [0.25, 0.3) is 5.69 Å². The van der Waals surface area contributed by atoms with Gasteiger partial charge in [0.1, 0.15) is 10.7 Å². The molecule has 1 N–H and O–H groups in total. The Morgan fingerprint density at radius 2 is 1.66 bits per heavy atom. The van der Waals surface area contributed by atoms with E-state index in [-0.39, 0.29) is 17.0 Å². The van der Waals surface area contributed by atoms with Crippen molar-refractivity contribution in [2.75, 3.05) is 18.4 Å². The van der Waals surface area contributed by atoms with Crippen molar-refractivity contribution < 1.29 is 9.59 Å². The summed E-state index contributed by atoms with van der Waals surface area (Å²) in [5.74, 6) is -0.381. The van der Waals surface area contributed by atoms with Crippen molar-refractivity contribution in [2.24, 2.45) is 0 Å². The summed E-state index contributed by atoms with van der Waals surface area (Å²) < 4.78 is 1.54. The van der Waals surface area contributed by atoms with Crippen molar-refractivity contribution in [1.29, 1.82) is 0 Å². The number of anilines is 1. The van der Waals surface area contributed by atoms with Gasteiger partial charge in [0.25, 0.3) is 11.8 Å². The number of carbonyl (C=O) groups is 2. The second-order valence-corrected chi connectivity index (χ2v) is 6.87. The molecule has 6 nitrogen and oxygen atoms in total. The minimum absolute atomic E-state index is 0.0316. The lowest BCUT2D eigenvalue weighted by atomic mass is 10.1. The predicted molar refractivity (Wildman–Crippen MR) is 115 cm³/mol. The SMILES string of the molecule is CCN(CC)C(=O)c1ccc(NC(=O)c2c(C)nn(-c3ccccc3)c2Cl)cc1. The van der Waals surface area contributed by atoms with Gasteiger partial charge in [0.2, 0.25) is 0 Å². The molecular weight excluding hydrogens is 388 g/mol. The third kappa shape index (κ3) is 4.32. The van der Waals surface area contributed by atoms with Crippen molar-refractivity contribution >= 4 is 29.1 Å². The number of halogens is 1. The third-order valence-electron chi connectivity index (χ3n) is 4.67. The van der Waals surface area contributed by atoms with E-state index in [1.807, 2.05) is 44.2 Å². The van der Waals surface area contributed by atoms with Gasteiger partial charge in [-0.25, -0.2) is 4.68 Å². The summed E-state index contributed by atoms with van der Waals surface area (Å²) in [7, 11) is 0. The van der Waals surface area contributed by atoms with Crippen LogP contribution in [0.15, 0.2) is 54.6 Å². The number of aromatic nitrogens is 2. The molecule has 7 heteroatoms. The summed E-state index contributed by atoms with van der Waals surface area (Å²) in [4.78, 5) is 26.9. The second kappa shape index (κ2) is 8.92. The fraction of sp³-hybridized carbons (Fsp3) is 0.227. The Hall–Kier alpha value is -3.12. The zero-order valence-electron chi connectivity index (χ0n) is 16.6. The minimum Gasteiger partial charge on any atom is -0.339 e. The smallest absolute Gasteiger partial charge is 0.260 e. The zero-order chi connectivity index (χ0) is 21.0. The molecule has 2 amide bonds. The van der Waals surface area contributed by atoms with Crippen LogP contribution < -0.4 is 5.32 Å². The average molecular weight is 411 g/mol. The van der Waals surface area contributed by atoms with Crippen LogP contribution in [0.4, 0.5) is 5.69 Å². The number of nitrogens with one attached hydrogen (secondary N) is 1. The first-order valence-electron chi connectivity index (χ1n) is 9.47. The van der Waals surface area contributed by atoms with Gasteiger partial charge in [-0.05, 0) is 57.2 Å². The van der Waals surface area contributed by atoms with Crippen LogP contribution in [0.5, 0.6) is 0 Å². The number of aryl methyl sites for hydroxylation is 1. The molecule has 0 aliphatic rings. The number of carbonyl (C=O) groups excluding carboxylic acids is 2. The summed E-state index contributed by atoms with van der Waals surface area (Å²) in [5, 5.41) is 7.47. The van der Waals surface area contributed by atoms with E-state index in [4.69, 9.17) is 11.6 Å². The van der Waals surface area contributed by atoms with E-state index in [0.717, 1.165) is 5.69 Å². The van der Waals surface area contributed by atoms with Gasteiger partial charge in [-0.3, -0.25) is 9.59 Å². The van der Waals surface area contributed by atoms with E-state index >= 15 is 0 Å². The maximum absolute atomic E-state index is 12.8. The number of hydrogen-bond acceptors (Lipinski definition) is 3. The van der Waals surface area contributed by atoms with Gasteiger partial charge < -0.3 is 10.2 Å². The van der Waals surface area contributed by atoms with Crippen LogP contribution in [0, 0.1) is 6.92 Å². The number of nitrogens with zero attached hydrogens (tertiary/aromatic N) is 3. The number of hydrogen-bond donors (Lipinski definition) is 1. The highest BCUT2D eigenvalue weighted by Gasteiger charge is 2.21. The summed E-state index contributed by atoms with van der Waals surface area (Å²) in [6.07, 6.45) is 0. The molecule has 3 aromatic rings. The maximum Gasteiger partial charge on any atom is 0.260 e. The molecule has 0 saturated carbocycles. The predicted octanol–water partition coefficient (Wildman–Crippen LogP) is 4.57. The van der Waals surface area contributed by atoms with Crippen molar-refractivity contribution in [3.63, 3.8) is 0 Å². The van der Waals surface area contributed by atoms with Crippen LogP contribution in [-0.4, -0.2) is 39.6 Å². The molecule has 0 fully saturated rings. The van der Waals surface area contributed by atoms with Crippen LogP contribution in [-0.2, 0) is 0 Å². The first kappa shape index (κ1) is 20.6. The zero-order valence-corrected chi connectivity index (χ0v) is 17.4. The van der Waals surface area contributed by atoms with Gasteiger partial charge in [-0.15, -0.1) is 0 Å². The van der Waals surface area contributed by atoms with Crippen LogP contribution in [0.1, 0.15) is 40.3 Å². The number of rotatable bonds is 6. The van der Waals surface area contributed by atoms with E-state index < -0.39 is 0 Å². The monoisotopic (exact) mass is 410 g/mol. The Morgan fingerprint density at radius 3 is 2.24 bits per heavy atom. The standard InChI is InChI=1S/C22H23ClN4O2/c1-4-26(5-2)22(29)16-11-13-17(14-12-16)24-21(28)19-15(3)25-27(20(19)23)18-9-7-6-8-10-18/h6-14H,4-5H2,1-3H3,(H,24,28). The molecule has 0 aliphatic carbocycles. The molecule has 0 aliphatic heterocycles. The van der Waals surface area contributed by atoms with Crippen molar-refractivity contribution in [3.05, 3.63) is 76.6 Å². The molecule has 0 radical (unpaired) electrons. The molecule has 1 heterocycles. The van der Waals surface area contributed by atoms with E-state index in [1.165, 1.54) is 4.68 Å². The highest BCUT2D eigenvalue weighted by Crippen LogP contribution is 2.24. The van der Waals surface area contributed by atoms with Crippen molar-refractivity contribution in [1.82, 2.24) is 14.7 Å². The van der Waals surface area contributed by atoms with E-state index in [2.05, 4.69) is 10.4 Å². The fourth-order valence-electron chi connectivity index (χ4n) is 3.08. The normalized spacial score (nSPS) is 10.6. The Morgan fingerprint density at radius 1 is 1.03 bits per heavy atom. The molecule has 0 unspecified atom stereocenters. The molecule has 29 heavy (non-hydrogen) atoms. The quantitative estimate of drug-likeness (QED) is 0.647. The fourth-order valence-corrected chi connectivity index (χ4v) is 3.44. The van der Waals surface area contributed by atoms with Crippen LogP contribution in [0.2, 0.25) is 5.15 Å². The summed E-state index contributed by atoms with van der Waals surface area (Å²) >= 11 is 6.45. The van der Waals surface area contributed by atoms with E-state index in [1.54, 1.807) is 36.1 Å². The van der Waals surface area contributed by atoms with Crippen molar-refractivity contribution in [2.45, 2.75) is 20.8 Å². The number of amides is 2. The van der Waals surface area contributed by atoms with Gasteiger partial charge in [0.15, 0.2) is 0 Å². The highest BCUT2D eigenvalue weighted by molar-refractivity contribution is 6.34. The first-order chi connectivity index (χ1) is 14.0. The average Bonchev–Trinajstić information content (AvgIpc) is 3.04. The van der Waals surface area contributed by atoms with Crippen molar-refractivity contribution in [3.8, 4) is 5.69 Å². The lowest BCUT2D eigenvalue weighted by Gasteiger charge is -2.18. The number of benzene rings is 2. The highest BCUT2D eigenvalue weighted by atomic mass is 35.5. The lowest BCUT2D eigenvalue weighted by molar-refractivity contribution is 0.0773. The third-order valence-corrected chi connectivity index (χ3v) is 5.02. The van der Waals surface area contributed by atoms with Gasteiger partial charge in [0, 0.05) is 24.3 Å². The number of para-hydroxylation sites is 1. The first-order valence-corrected chi connectivity index (χ1v) is 9.85. The second-order valence-electron chi connectivity index (χ2n) is 6.51. The maximum atomic E-state index is 12.8. The van der Waals surface area contributed by atoms with Gasteiger partial charge >= 0.3 is 0 Å². The van der Waals surface area contributed by atoms with E-state index in [9.17, 15) is 9.59 Å². The van der Waals surface area contributed by atoms with Gasteiger partial charge in [0.05, 0.1) is 11.4 Å². The minimum atomic E-state index is -0.350. The Kier molecular flexibility index (Phi) is 6.34. The summed E-state index contributed by atoms with van der Waals surface area (Å²) in [6.45, 7) is 6.93. The molecule has 2 aromatic carbocycles. The molecule has 150 valence electrons. The molecule has 0 saturated heterocycles. The van der Waals surface area contributed by atoms with Crippen LogP contribution in [0.3, 0.4) is 0 Å². The molecule has 0 atom stereocenters. The summed E-state index contributed by atoms with van der Waals surface area (Å²) in [5.41, 5.74) is 2.79. The molecule has 0 bridgehead atoms. The molecule has 1 aromatic heterocycles. The lowest BCUT2D eigenvalue weighted by Crippen LogP contribution is -2.30. The molecular formula is C22H23ClN4O2. The molecule has 0 spiro atoms. The van der Waals surface area contributed by atoms with Gasteiger partial charge in [-0.2, -0.15) is 5.10 Å². The topological polar surface area (TPSA) is 67.2 Å². The molecule has 3 rings (SSSR count). The van der Waals surface area contributed by atoms with Crippen LogP contribution >= 0.6 is 11.6 Å². The Labute approximate surface area is 175 Å². The Balaban J connectivity index is 1.79. The Bertz CT molecular complexity index is 1010. The van der Waals surface area contributed by atoms with E-state index in [0.29, 0.717) is 35.6 Å². The largest absolute Gasteiger partial charge is 0.339 e.